The van der Waals surface area contributed by atoms with Crippen LogP contribution in [0.2, 0.25) is 0 Å². The number of likely N-dealkylation sites (tertiary alicyclic amines) is 1. The second-order valence-corrected chi connectivity index (χ2v) is 5.96. The monoisotopic (exact) mass is 300 g/mol. The molecule has 0 bridgehead atoms. The van der Waals surface area contributed by atoms with Crippen molar-refractivity contribution in [3.8, 4) is 0 Å². The normalized spacial score (nSPS) is 20.0. The number of hydrogen-bond acceptors (Lipinski definition) is 4. The number of nitrogens with zero attached hydrogens (tertiary/aromatic N) is 1. The molecule has 1 aliphatic heterocycles. The van der Waals surface area contributed by atoms with E-state index in [1.807, 2.05) is 0 Å². The molecule has 0 spiro atoms. The third-order valence-corrected chi connectivity index (χ3v) is 4.05. The molecule has 1 rings (SSSR count). The highest BCUT2D eigenvalue weighted by molar-refractivity contribution is 4.77. The first kappa shape index (κ1) is 18.9. The first-order chi connectivity index (χ1) is 10.4. The summed E-state index contributed by atoms with van der Waals surface area (Å²) in [6.07, 6.45) is 7.50. The molecule has 0 aromatic rings. The molecule has 0 aliphatic carbocycles. The lowest BCUT2D eigenvalue weighted by Crippen LogP contribution is -2.47. The maximum absolute atomic E-state index is 5.72. The van der Waals surface area contributed by atoms with Crippen LogP contribution in [0, 0.1) is 0 Å². The van der Waals surface area contributed by atoms with Gasteiger partial charge in [0.25, 0.3) is 0 Å². The first-order valence-corrected chi connectivity index (χ1v) is 8.98. The van der Waals surface area contributed by atoms with Gasteiger partial charge >= 0.3 is 0 Å². The van der Waals surface area contributed by atoms with Gasteiger partial charge in [-0.2, -0.15) is 0 Å². The van der Waals surface area contributed by atoms with Crippen molar-refractivity contribution in [1.29, 1.82) is 0 Å². The van der Waals surface area contributed by atoms with Gasteiger partial charge in [-0.3, -0.25) is 4.90 Å². The van der Waals surface area contributed by atoms with Crippen LogP contribution in [0.5, 0.6) is 0 Å². The predicted molar refractivity (Wildman–Crippen MR) is 88.9 cm³/mol. The molecular weight excluding hydrogens is 264 g/mol. The molecule has 0 aromatic heterocycles. The van der Waals surface area contributed by atoms with Crippen molar-refractivity contribution in [3.05, 3.63) is 0 Å². The van der Waals surface area contributed by atoms with E-state index >= 15 is 0 Å². The van der Waals surface area contributed by atoms with Crippen molar-refractivity contribution in [1.82, 2.24) is 10.2 Å². The molecule has 1 N–H and O–H groups in total. The van der Waals surface area contributed by atoms with Gasteiger partial charge in [0, 0.05) is 39.0 Å². The van der Waals surface area contributed by atoms with Crippen molar-refractivity contribution in [2.24, 2.45) is 0 Å². The standard InChI is InChI=1S/C17H36N2O2/c1-3-5-6-13-21-15-12-19-11-7-9-17(16-19)18-10-8-14-20-4-2/h17-18H,3-16H2,1-2H3. The molecule has 0 aromatic carbocycles. The third-order valence-electron chi connectivity index (χ3n) is 4.05. The highest BCUT2D eigenvalue weighted by Gasteiger charge is 2.18. The lowest BCUT2D eigenvalue weighted by atomic mass is 10.1. The summed E-state index contributed by atoms with van der Waals surface area (Å²) in [7, 11) is 0. The van der Waals surface area contributed by atoms with Crippen LogP contribution in [-0.2, 0) is 9.47 Å². The number of unbranched alkanes of at least 4 members (excludes halogenated alkanes) is 2. The van der Waals surface area contributed by atoms with Gasteiger partial charge in [-0.1, -0.05) is 19.8 Å². The second-order valence-electron chi connectivity index (χ2n) is 5.96. The Kier molecular flexibility index (Phi) is 12.1. The lowest BCUT2D eigenvalue weighted by Gasteiger charge is -2.33. The molecule has 0 saturated carbocycles. The van der Waals surface area contributed by atoms with Crippen molar-refractivity contribution in [3.63, 3.8) is 0 Å². The lowest BCUT2D eigenvalue weighted by molar-refractivity contribution is 0.0869. The van der Waals surface area contributed by atoms with E-state index in [4.69, 9.17) is 9.47 Å². The van der Waals surface area contributed by atoms with E-state index in [2.05, 4.69) is 24.1 Å². The summed E-state index contributed by atoms with van der Waals surface area (Å²) in [5.74, 6) is 0. The maximum atomic E-state index is 5.72. The molecular formula is C17H36N2O2. The van der Waals surface area contributed by atoms with Gasteiger partial charge in [-0.15, -0.1) is 0 Å². The Morgan fingerprint density at radius 2 is 1.90 bits per heavy atom. The van der Waals surface area contributed by atoms with Crippen LogP contribution < -0.4 is 5.32 Å². The Hall–Kier alpha value is -0.160. The van der Waals surface area contributed by atoms with Crippen LogP contribution in [0.15, 0.2) is 0 Å². The Bertz CT molecular complexity index is 227. The zero-order valence-corrected chi connectivity index (χ0v) is 14.2. The van der Waals surface area contributed by atoms with Gasteiger partial charge in [-0.05, 0) is 45.7 Å². The van der Waals surface area contributed by atoms with Crippen LogP contribution in [-0.4, -0.2) is 63.5 Å². The van der Waals surface area contributed by atoms with Gasteiger partial charge < -0.3 is 14.8 Å². The largest absolute Gasteiger partial charge is 0.382 e. The van der Waals surface area contributed by atoms with Crippen molar-refractivity contribution < 1.29 is 9.47 Å². The first-order valence-electron chi connectivity index (χ1n) is 8.98. The average Bonchev–Trinajstić information content (AvgIpc) is 2.51. The Morgan fingerprint density at radius 1 is 1.05 bits per heavy atom. The van der Waals surface area contributed by atoms with Gasteiger partial charge in [0.05, 0.1) is 6.61 Å². The number of rotatable bonds is 13. The van der Waals surface area contributed by atoms with E-state index in [0.29, 0.717) is 6.04 Å². The SMILES string of the molecule is CCCCCOCCN1CCCC(NCCCOCC)C1. The fourth-order valence-electron chi connectivity index (χ4n) is 2.80. The second kappa shape index (κ2) is 13.5. The minimum absolute atomic E-state index is 0.653. The minimum Gasteiger partial charge on any atom is -0.382 e. The van der Waals surface area contributed by atoms with E-state index in [0.717, 1.165) is 45.9 Å². The Balaban J connectivity index is 1.98. The summed E-state index contributed by atoms with van der Waals surface area (Å²) >= 11 is 0. The zero-order valence-electron chi connectivity index (χ0n) is 14.2. The fourth-order valence-corrected chi connectivity index (χ4v) is 2.80. The van der Waals surface area contributed by atoms with E-state index in [9.17, 15) is 0 Å². The summed E-state index contributed by atoms with van der Waals surface area (Å²) in [5.41, 5.74) is 0. The third kappa shape index (κ3) is 10.2. The van der Waals surface area contributed by atoms with Gasteiger partial charge in [0.1, 0.15) is 0 Å². The predicted octanol–water partition coefficient (Wildman–Crippen LogP) is 2.67. The van der Waals surface area contributed by atoms with Crippen molar-refractivity contribution in [2.45, 2.75) is 58.4 Å². The topological polar surface area (TPSA) is 33.7 Å². The average molecular weight is 300 g/mol. The maximum Gasteiger partial charge on any atom is 0.0593 e. The number of piperidine rings is 1. The van der Waals surface area contributed by atoms with E-state index in [1.165, 1.54) is 45.2 Å². The van der Waals surface area contributed by atoms with Crippen LogP contribution >= 0.6 is 0 Å². The highest BCUT2D eigenvalue weighted by Crippen LogP contribution is 2.09. The molecule has 1 fully saturated rings. The molecule has 1 saturated heterocycles. The molecule has 0 amide bonds. The molecule has 4 heteroatoms. The minimum atomic E-state index is 0.653. The quantitative estimate of drug-likeness (QED) is 0.530. The highest BCUT2D eigenvalue weighted by atomic mass is 16.5. The number of hydrogen-bond donors (Lipinski definition) is 1. The molecule has 1 aliphatic rings. The molecule has 4 nitrogen and oxygen atoms in total. The van der Waals surface area contributed by atoms with Crippen molar-refractivity contribution >= 4 is 0 Å². The zero-order chi connectivity index (χ0) is 15.2. The van der Waals surface area contributed by atoms with Gasteiger partial charge in [-0.25, -0.2) is 0 Å². The summed E-state index contributed by atoms with van der Waals surface area (Å²) in [6.45, 7) is 12.4. The molecule has 1 atom stereocenters. The molecule has 126 valence electrons. The summed E-state index contributed by atoms with van der Waals surface area (Å²) in [6, 6.07) is 0.653. The van der Waals surface area contributed by atoms with E-state index < -0.39 is 0 Å². The van der Waals surface area contributed by atoms with Crippen LogP contribution in [0.1, 0.15) is 52.4 Å². The van der Waals surface area contributed by atoms with E-state index in [-0.39, 0.29) is 0 Å². The molecule has 21 heavy (non-hydrogen) atoms. The van der Waals surface area contributed by atoms with Gasteiger partial charge in [0.2, 0.25) is 0 Å². The fraction of sp³-hybridized carbons (Fsp3) is 1.00. The smallest absolute Gasteiger partial charge is 0.0593 e. The van der Waals surface area contributed by atoms with E-state index in [1.54, 1.807) is 0 Å². The van der Waals surface area contributed by atoms with Crippen LogP contribution in [0.4, 0.5) is 0 Å². The summed E-state index contributed by atoms with van der Waals surface area (Å²) in [4.78, 5) is 2.55. The number of nitrogens with one attached hydrogen (secondary N) is 1. The summed E-state index contributed by atoms with van der Waals surface area (Å²) < 4.78 is 11.1. The van der Waals surface area contributed by atoms with Crippen LogP contribution in [0.25, 0.3) is 0 Å². The number of ether oxygens (including phenoxy) is 2. The molecule has 0 radical (unpaired) electrons. The summed E-state index contributed by atoms with van der Waals surface area (Å²) in [5, 5.41) is 3.67. The molecule has 1 heterocycles. The van der Waals surface area contributed by atoms with Gasteiger partial charge in [0.15, 0.2) is 0 Å². The Morgan fingerprint density at radius 3 is 2.71 bits per heavy atom. The van der Waals surface area contributed by atoms with Crippen LogP contribution in [0.3, 0.4) is 0 Å². The van der Waals surface area contributed by atoms with Crippen molar-refractivity contribution in [2.75, 3.05) is 52.6 Å². The molecule has 1 unspecified atom stereocenters. The Labute approximate surface area is 131 Å².